The zero-order valence-electron chi connectivity index (χ0n) is 12.8. The molecule has 1 amide bonds. The van der Waals surface area contributed by atoms with E-state index in [0.717, 1.165) is 19.4 Å². The van der Waals surface area contributed by atoms with Gasteiger partial charge in [0.1, 0.15) is 6.61 Å². The SMILES string of the molecule is O=C(NCC1(Cn2ccnc2)CC1)[C@H]1COc2ccccc2O1. The third kappa shape index (κ3) is 3.02. The molecule has 0 radical (unpaired) electrons. The highest BCUT2D eigenvalue weighted by molar-refractivity contribution is 5.81. The van der Waals surface area contributed by atoms with Crippen molar-refractivity contribution in [2.24, 2.45) is 5.41 Å². The van der Waals surface area contributed by atoms with Crippen molar-refractivity contribution in [1.29, 1.82) is 0 Å². The molecule has 1 atom stereocenters. The number of fused-ring (bicyclic) bond motifs is 1. The Morgan fingerprint density at radius 1 is 1.35 bits per heavy atom. The molecule has 2 aliphatic rings. The van der Waals surface area contributed by atoms with Gasteiger partial charge in [-0.1, -0.05) is 12.1 Å². The van der Waals surface area contributed by atoms with E-state index in [4.69, 9.17) is 9.47 Å². The van der Waals surface area contributed by atoms with Crippen LogP contribution in [0.25, 0.3) is 0 Å². The number of hydrogen-bond acceptors (Lipinski definition) is 4. The van der Waals surface area contributed by atoms with Crippen LogP contribution in [0.3, 0.4) is 0 Å². The highest BCUT2D eigenvalue weighted by Gasteiger charge is 2.43. The lowest BCUT2D eigenvalue weighted by molar-refractivity contribution is -0.130. The van der Waals surface area contributed by atoms with Gasteiger partial charge in [0.05, 0.1) is 6.33 Å². The molecule has 1 saturated carbocycles. The molecule has 23 heavy (non-hydrogen) atoms. The van der Waals surface area contributed by atoms with Crippen molar-refractivity contribution >= 4 is 5.91 Å². The predicted octanol–water partition coefficient (Wildman–Crippen LogP) is 1.62. The first-order valence-corrected chi connectivity index (χ1v) is 7.86. The molecule has 0 saturated heterocycles. The van der Waals surface area contributed by atoms with Crippen LogP contribution in [0.15, 0.2) is 43.0 Å². The van der Waals surface area contributed by atoms with Crippen LogP contribution in [0.4, 0.5) is 0 Å². The summed E-state index contributed by atoms with van der Waals surface area (Å²) >= 11 is 0. The molecule has 0 bridgehead atoms. The number of carbonyl (C=O) groups is 1. The second-order valence-electron chi connectivity index (χ2n) is 6.32. The molecule has 2 aromatic rings. The van der Waals surface area contributed by atoms with Crippen molar-refractivity contribution in [3.63, 3.8) is 0 Å². The van der Waals surface area contributed by atoms with Gasteiger partial charge in [-0.15, -0.1) is 0 Å². The van der Waals surface area contributed by atoms with Crippen molar-refractivity contribution in [3.8, 4) is 11.5 Å². The second-order valence-corrected chi connectivity index (χ2v) is 6.32. The molecule has 0 spiro atoms. The summed E-state index contributed by atoms with van der Waals surface area (Å²) in [7, 11) is 0. The Hall–Kier alpha value is -2.50. The van der Waals surface area contributed by atoms with E-state index in [1.165, 1.54) is 0 Å². The molecule has 6 nitrogen and oxygen atoms in total. The summed E-state index contributed by atoms with van der Waals surface area (Å²) in [6.45, 7) is 1.79. The number of ether oxygens (including phenoxy) is 2. The average Bonchev–Trinajstić information content (AvgIpc) is 3.15. The molecule has 1 aromatic heterocycles. The molecule has 2 heterocycles. The number of imidazole rings is 1. The fraction of sp³-hybridized carbons (Fsp3) is 0.412. The first-order chi connectivity index (χ1) is 11.2. The zero-order valence-corrected chi connectivity index (χ0v) is 12.8. The van der Waals surface area contributed by atoms with E-state index in [0.29, 0.717) is 18.0 Å². The van der Waals surface area contributed by atoms with E-state index >= 15 is 0 Å². The van der Waals surface area contributed by atoms with Crippen molar-refractivity contribution < 1.29 is 14.3 Å². The molecule has 0 unspecified atom stereocenters. The van der Waals surface area contributed by atoms with Crippen LogP contribution in [0, 0.1) is 5.41 Å². The molecule has 1 aliphatic carbocycles. The number of benzene rings is 1. The first kappa shape index (κ1) is 14.1. The maximum Gasteiger partial charge on any atom is 0.264 e. The Bertz CT molecular complexity index is 695. The topological polar surface area (TPSA) is 65.4 Å². The van der Waals surface area contributed by atoms with E-state index in [-0.39, 0.29) is 17.9 Å². The van der Waals surface area contributed by atoms with Gasteiger partial charge in [0.15, 0.2) is 11.5 Å². The predicted molar refractivity (Wildman–Crippen MR) is 83.3 cm³/mol. The third-order valence-corrected chi connectivity index (χ3v) is 4.47. The summed E-state index contributed by atoms with van der Waals surface area (Å²) in [5, 5.41) is 3.02. The Balaban J connectivity index is 1.33. The van der Waals surface area contributed by atoms with E-state index < -0.39 is 6.10 Å². The van der Waals surface area contributed by atoms with E-state index in [2.05, 4.69) is 14.9 Å². The number of nitrogens with zero attached hydrogens (tertiary/aromatic N) is 2. The zero-order chi connectivity index (χ0) is 15.7. The maximum atomic E-state index is 12.3. The van der Waals surface area contributed by atoms with Gasteiger partial charge in [-0.05, 0) is 25.0 Å². The monoisotopic (exact) mass is 313 g/mol. The van der Waals surface area contributed by atoms with E-state index in [1.54, 1.807) is 6.20 Å². The minimum atomic E-state index is -0.589. The second kappa shape index (κ2) is 5.61. The molecule has 1 aliphatic heterocycles. The van der Waals surface area contributed by atoms with Crippen LogP contribution in [0.2, 0.25) is 0 Å². The van der Waals surface area contributed by atoms with E-state index in [9.17, 15) is 4.79 Å². The molecule has 1 aromatic carbocycles. The minimum Gasteiger partial charge on any atom is -0.485 e. The van der Waals surface area contributed by atoms with Gasteiger partial charge >= 0.3 is 0 Å². The average molecular weight is 313 g/mol. The largest absolute Gasteiger partial charge is 0.485 e. The molecule has 6 heteroatoms. The van der Waals surface area contributed by atoms with Crippen LogP contribution >= 0.6 is 0 Å². The van der Waals surface area contributed by atoms with Crippen LogP contribution in [0.5, 0.6) is 11.5 Å². The smallest absolute Gasteiger partial charge is 0.264 e. The number of para-hydroxylation sites is 2. The standard InChI is InChI=1S/C17H19N3O3/c21-16(15-9-22-13-3-1-2-4-14(13)23-15)19-10-17(5-6-17)11-20-8-7-18-12-20/h1-4,7-8,12,15H,5-6,9-11H2,(H,19,21)/t15-/m1/s1. The molecule has 4 rings (SSSR count). The van der Waals surface area contributed by atoms with Crippen LogP contribution in [-0.4, -0.2) is 34.7 Å². The van der Waals surface area contributed by atoms with Crippen LogP contribution < -0.4 is 14.8 Å². The quantitative estimate of drug-likeness (QED) is 0.911. The summed E-state index contributed by atoms with van der Waals surface area (Å²) in [6.07, 6.45) is 7.20. The molecular formula is C17H19N3O3. The summed E-state index contributed by atoms with van der Waals surface area (Å²) in [6, 6.07) is 7.41. The van der Waals surface area contributed by atoms with Crippen molar-refractivity contribution in [3.05, 3.63) is 43.0 Å². The van der Waals surface area contributed by atoms with Gasteiger partial charge in [-0.3, -0.25) is 4.79 Å². The minimum absolute atomic E-state index is 0.114. The highest BCUT2D eigenvalue weighted by Crippen LogP contribution is 2.46. The van der Waals surface area contributed by atoms with Crippen molar-refractivity contribution in [2.75, 3.05) is 13.2 Å². The lowest BCUT2D eigenvalue weighted by atomic mass is 10.1. The Kier molecular flexibility index (Phi) is 3.44. The lowest BCUT2D eigenvalue weighted by Crippen LogP contribution is -2.46. The highest BCUT2D eigenvalue weighted by atomic mass is 16.6. The maximum absolute atomic E-state index is 12.3. The van der Waals surface area contributed by atoms with Gasteiger partial charge in [0.25, 0.3) is 5.91 Å². The van der Waals surface area contributed by atoms with Gasteiger partial charge in [0.2, 0.25) is 6.10 Å². The van der Waals surface area contributed by atoms with Gasteiger partial charge in [0, 0.05) is 30.9 Å². The number of aromatic nitrogens is 2. The van der Waals surface area contributed by atoms with Crippen LogP contribution in [-0.2, 0) is 11.3 Å². The summed E-state index contributed by atoms with van der Waals surface area (Å²) in [5.74, 6) is 1.20. The molecule has 1 fully saturated rings. The summed E-state index contributed by atoms with van der Waals surface area (Å²) < 4.78 is 13.4. The van der Waals surface area contributed by atoms with Gasteiger partial charge in [-0.2, -0.15) is 0 Å². The number of amides is 1. The van der Waals surface area contributed by atoms with E-state index in [1.807, 2.05) is 36.8 Å². The van der Waals surface area contributed by atoms with Crippen molar-refractivity contribution in [2.45, 2.75) is 25.5 Å². The number of carbonyl (C=O) groups excluding carboxylic acids is 1. The summed E-state index contributed by atoms with van der Waals surface area (Å²) in [4.78, 5) is 16.4. The van der Waals surface area contributed by atoms with Crippen LogP contribution in [0.1, 0.15) is 12.8 Å². The Morgan fingerprint density at radius 3 is 2.91 bits per heavy atom. The van der Waals surface area contributed by atoms with Gasteiger partial charge < -0.3 is 19.4 Å². The summed E-state index contributed by atoms with van der Waals surface area (Å²) in [5.41, 5.74) is 0.157. The Labute approximate surface area is 134 Å². The molecule has 120 valence electrons. The lowest BCUT2D eigenvalue weighted by Gasteiger charge is -2.26. The normalized spacial score (nSPS) is 20.8. The Morgan fingerprint density at radius 2 is 2.17 bits per heavy atom. The fourth-order valence-corrected chi connectivity index (χ4v) is 2.87. The fourth-order valence-electron chi connectivity index (χ4n) is 2.87. The molecule has 1 N–H and O–H groups in total. The number of rotatable bonds is 5. The van der Waals surface area contributed by atoms with Crippen molar-refractivity contribution in [1.82, 2.24) is 14.9 Å². The first-order valence-electron chi connectivity index (χ1n) is 7.86. The third-order valence-electron chi connectivity index (χ3n) is 4.47. The number of hydrogen-bond donors (Lipinski definition) is 1. The molecular weight excluding hydrogens is 294 g/mol. The number of nitrogens with one attached hydrogen (secondary N) is 1. The van der Waals surface area contributed by atoms with Gasteiger partial charge in [-0.25, -0.2) is 4.98 Å².